The highest BCUT2D eigenvalue weighted by molar-refractivity contribution is 7.10. The molecule has 0 radical (unpaired) electrons. The van der Waals surface area contributed by atoms with Crippen molar-refractivity contribution in [1.29, 1.82) is 0 Å². The lowest BCUT2D eigenvalue weighted by molar-refractivity contribution is 0.440. The molecule has 1 N–H and O–H groups in total. The van der Waals surface area contributed by atoms with Gasteiger partial charge in [0.15, 0.2) is 0 Å². The maximum atomic E-state index is 12.4. The highest BCUT2D eigenvalue weighted by Gasteiger charge is 2.18. The molecule has 6 heteroatoms. The quantitative estimate of drug-likeness (QED) is 0.687. The maximum Gasteiger partial charge on any atom is 0.315 e. The molecule has 0 amide bonds. The number of aromatic hydroxyl groups is 1. The van der Waals surface area contributed by atoms with Gasteiger partial charge in [-0.05, 0) is 36.3 Å². The second-order valence-corrected chi connectivity index (χ2v) is 7.33. The van der Waals surface area contributed by atoms with Crippen molar-refractivity contribution in [1.82, 2.24) is 4.57 Å². The molecule has 4 rings (SSSR count). The van der Waals surface area contributed by atoms with E-state index in [0.717, 1.165) is 34.6 Å². The average molecular weight is 383 g/mol. The van der Waals surface area contributed by atoms with Gasteiger partial charge in [-0.2, -0.15) is 0 Å². The summed E-state index contributed by atoms with van der Waals surface area (Å²) in [6.07, 6.45) is 4.48. The zero-order valence-electron chi connectivity index (χ0n) is 13.9. The van der Waals surface area contributed by atoms with Gasteiger partial charge in [0, 0.05) is 22.4 Å². The predicted molar refractivity (Wildman–Crippen MR) is 108 cm³/mol. The van der Waals surface area contributed by atoms with E-state index >= 15 is 0 Å². The number of nitrogens with zero attached hydrogens (tertiary/aromatic N) is 2. The van der Waals surface area contributed by atoms with Gasteiger partial charge in [-0.1, -0.05) is 54.1 Å². The number of aryl methyl sites for hydroxylation is 1. The Morgan fingerprint density at radius 1 is 1.27 bits per heavy atom. The predicted octanol–water partition coefficient (Wildman–Crippen LogP) is 5.08. The van der Waals surface area contributed by atoms with E-state index in [-0.39, 0.29) is 10.8 Å². The molecule has 1 aliphatic heterocycles. The maximum absolute atomic E-state index is 12.4. The largest absolute Gasteiger partial charge is 0.493 e. The van der Waals surface area contributed by atoms with E-state index < -0.39 is 0 Å². The number of fused-ring (bicyclic) bond motifs is 1. The highest BCUT2D eigenvalue weighted by atomic mass is 35.5. The van der Waals surface area contributed by atoms with Gasteiger partial charge in [0.25, 0.3) is 0 Å². The summed E-state index contributed by atoms with van der Waals surface area (Å²) in [5.41, 5.74) is 4.57. The molecule has 1 aromatic heterocycles. The Kier molecular flexibility index (Phi) is 4.26. The third-order valence-corrected chi connectivity index (χ3v) is 5.42. The standard InChI is InChI=1S/C20H15ClN2O2S/c1-2-12-5-3-8-16-13(11-22-18(12)16)9-17-19(24)23(20(25)26-17)15-7-4-6-14(21)10-15/h3-11,24H,2H2,1H3. The topological polar surface area (TPSA) is 54.6 Å². The van der Waals surface area contributed by atoms with E-state index in [9.17, 15) is 9.90 Å². The van der Waals surface area contributed by atoms with Crippen molar-refractivity contribution < 1.29 is 5.11 Å². The summed E-state index contributed by atoms with van der Waals surface area (Å²) < 4.78 is 1.26. The molecule has 4 nitrogen and oxygen atoms in total. The summed E-state index contributed by atoms with van der Waals surface area (Å²) in [5, 5.41) is 11.1. The molecule has 1 aliphatic rings. The number of aromatic nitrogens is 1. The monoisotopic (exact) mass is 382 g/mol. The van der Waals surface area contributed by atoms with Gasteiger partial charge in [0.1, 0.15) is 0 Å². The van der Waals surface area contributed by atoms with Crippen LogP contribution in [0.1, 0.15) is 22.9 Å². The first-order valence-electron chi connectivity index (χ1n) is 8.17. The van der Waals surface area contributed by atoms with Crippen LogP contribution in [0.5, 0.6) is 5.88 Å². The Balaban J connectivity index is 1.81. The van der Waals surface area contributed by atoms with Gasteiger partial charge < -0.3 is 5.11 Å². The first-order chi connectivity index (χ1) is 12.6. The number of rotatable bonds is 3. The minimum Gasteiger partial charge on any atom is -0.493 e. The summed E-state index contributed by atoms with van der Waals surface area (Å²) in [6.45, 7) is 2.09. The van der Waals surface area contributed by atoms with Crippen LogP contribution in [-0.4, -0.2) is 15.9 Å². The zero-order valence-corrected chi connectivity index (χ0v) is 15.5. The number of hydrogen-bond donors (Lipinski definition) is 1. The number of para-hydroxylation sites is 1. The summed E-state index contributed by atoms with van der Waals surface area (Å²) in [5.74, 6) is -0.0942. The van der Waals surface area contributed by atoms with E-state index in [1.54, 1.807) is 36.6 Å². The van der Waals surface area contributed by atoms with E-state index in [1.165, 1.54) is 10.1 Å². The van der Waals surface area contributed by atoms with Crippen LogP contribution >= 0.6 is 22.9 Å². The van der Waals surface area contributed by atoms with Crippen molar-refractivity contribution in [2.75, 3.05) is 0 Å². The van der Waals surface area contributed by atoms with E-state index in [1.807, 2.05) is 12.1 Å². The van der Waals surface area contributed by atoms with Gasteiger partial charge >= 0.3 is 4.87 Å². The van der Waals surface area contributed by atoms with Crippen LogP contribution in [-0.2, 0) is 6.42 Å². The molecule has 26 heavy (non-hydrogen) atoms. The fourth-order valence-corrected chi connectivity index (χ4v) is 4.07. The molecule has 0 saturated heterocycles. The Bertz CT molecular complexity index is 1130. The van der Waals surface area contributed by atoms with E-state index in [0.29, 0.717) is 15.6 Å². The molecule has 0 aliphatic carbocycles. The lowest BCUT2D eigenvalue weighted by Gasteiger charge is -2.05. The Hall–Kier alpha value is -2.63. The summed E-state index contributed by atoms with van der Waals surface area (Å²) in [7, 11) is 0. The number of benzene rings is 2. The van der Waals surface area contributed by atoms with E-state index in [2.05, 4.69) is 18.0 Å². The Labute approximate surface area is 159 Å². The summed E-state index contributed by atoms with van der Waals surface area (Å²) >= 11 is 6.99. The number of hydrogen-bond acceptors (Lipinski definition) is 4. The second kappa shape index (κ2) is 6.59. The van der Waals surface area contributed by atoms with Crippen molar-refractivity contribution in [2.24, 2.45) is 4.99 Å². The minimum absolute atomic E-state index is 0.0942. The van der Waals surface area contributed by atoms with Crippen LogP contribution < -0.4 is 4.87 Å². The number of aliphatic imine (C=N–C) groups is 1. The van der Waals surface area contributed by atoms with Gasteiger partial charge in [0.05, 0.1) is 16.3 Å². The molecule has 130 valence electrons. The van der Waals surface area contributed by atoms with Crippen LogP contribution in [0.15, 0.2) is 52.3 Å². The van der Waals surface area contributed by atoms with Crippen molar-refractivity contribution in [3.8, 4) is 11.6 Å². The third-order valence-electron chi connectivity index (χ3n) is 4.31. The molecule has 2 heterocycles. The summed E-state index contributed by atoms with van der Waals surface area (Å²) in [4.78, 5) is 17.1. The Morgan fingerprint density at radius 2 is 2.08 bits per heavy atom. The minimum atomic E-state index is -0.269. The average Bonchev–Trinajstić information content (AvgIpc) is 3.16. The fourth-order valence-electron chi connectivity index (χ4n) is 3.04. The molecule has 2 aromatic carbocycles. The van der Waals surface area contributed by atoms with Crippen LogP contribution in [0.2, 0.25) is 5.02 Å². The lowest BCUT2D eigenvalue weighted by Crippen LogP contribution is -2.09. The smallest absolute Gasteiger partial charge is 0.315 e. The second-order valence-electron chi connectivity index (χ2n) is 5.90. The molecular formula is C20H15ClN2O2S. The van der Waals surface area contributed by atoms with Crippen molar-refractivity contribution in [2.45, 2.75) is 13.3 Å². The molecule has 0 spiro atoms. The zero-order chi connectivity index (χ0) is 18.3. The van der Waals surface area contributed by atoms with Crippen molar-refractivity contribution >= 4 is 46.5 Å². The molecule has 0 atom stereocenters. The first-order valence-corrected chi connectivity index (χ1v) is 9.36. The first kappa shape index (κ1) is 16.8. The Morgan fingerprint density at radius 3 is 2.85 bits per heavy atom. The highest BCUT2D eigenvalue weighted by Crippen LogP contribution is 2.37. The van der Waals surface area contributed by atoms with Gasteiger partial charge in [-0.15, -0.1) is 0 Å². The van der Waals surface area contributed by atoms with Gasteiger partial charge in [-0.3, -0.25) is 9.79 Å². The molecule has 0 saturated carbocycles. The van der Waals surface area contributed by atoms with Gasteiger partial charge in [-0.25, -0.2) is 4.57 Å². The fraction of sp³-hybridized carbons (Fsp3) is 0.100. The molecule has 0 bridgehead atoms. The van der Waals surface area contributed by atoms with Crippen molar-refractivity contribution in [3.63, 3.8) is 0 Å². The molecular weight excluding hydrogens is 368 g/mol. The van der Waals surface area contributed by atoms with Crippen molar-refractivity contribution in [3.05, 3.63) is 73.2 Å². The van der Waals surface area contributed by atoms with Crippen LogP contribution in [0.25, 0.3) is 17.3 Å². The number of halogens is 1. The van der Waals surface area contributed by atoms with Gasteiger partial charge in [0.2, 0.25) is 5.88 Å². The number of allylic oxidation sites excluding steroid dienone is 1. The third kappa shape index (κ3) is 2.79. The molecule has 0 unspecified atom stereocenters. The molecule has 0 fully saturated rings. The normalized spacial score (nSPS) is 14.2. The molecule has 3 aromatic rings. The van der Waals surface area contributed by atoms with E-state index in [4.69, 9.17) is 11.6 Å². The van der Waals surface area contributed by atoms with Crippen LogP contribution in [0, 0.1) is 0 Å². The SMILES string of the molecule is CCc1cccc2c1N=CC2=Cc1sc(=O)n(-c2cccc(Cl)c2)c1O. The van der Waals surface area contributed by atoms with Crippen LogP contribution in [0.4, 0.5) is 5.69 Å². The summed E-state index contributed by atoms with van der Waals surface area (Å²) in [6, 6.07) is 12.9. The number of thiazole rings is 1. The van der Waals surface area contributed by atoms with Crippen LogP contribution in [0.3, 0.4) is 0 Å². The lowest BCUT2D eigenvalue weighted by atomic mass is 10.0.